The predicted octanol–water partition coefficient (Wildman–Crippen LogP) is 0.644. The van der Waals surface area contributed by atoms with Gasteiger partial charge in [-0.1, -0.05) is 5.11 Å². The van der Waals surface area contributed by atoms with Crippen molar-refractivity contribution >= 4 is 0 Å². The number of hydrogen-bond acceptors (Lipinski definition) is 2. The third-order valence-corrected chi connectivity index (χ3v) is 0.433. The Morgan fingerprint density at radius 2 is 2.57 bits per heavy atom. The summed E-state index contributed by atoms with van der Waals surface area (Å²) in [6, 6.07) is -0.0177. The molecule has 0 aromatic heterocycles. The minimum Gasteiger partial charge on any atom is -0.328 e. The fourth-order valence-corrected chi connectivity index (χ4v) is 0.165. The molecule has 0 unspecified atom stereocenters. The highest BCUT2D eigenvalue weighted by Crippen LogP contribution is 1.75. The first-order valence-corrected chi connectivity index (χ1v) is 2.04. The molecule has 0 aromatic rings. The topological polar surface area (TPSA) is 74.8 Å². The van der Waals surface area contributed by atoms with Gasteiger partial charge in [0.1, 0.15) is 0 Å². The second-order valence-corrected chi connectivity index (χ2v) is 1.39. The molecule has 0 aliphatic heterocycles. The van der Waals surface area contributed by atoms with E-state index in [0.29, 0.717) is 6.54 Å². The smallest absolute Gasteiger partial charge is 0.0407 e. The minimum atomic E-state index is -0.0177. The lowest BCUT2D eigenvalue weighted by Crippen LogP contribution is -2.17. The van der Waals surface area contributed by atoms with Gasteiger partial charge < -0.3 is 5.73 Å². The van der Waals surface area contributed by atoms with Crippen LogP contribution in [0.15, 0.2) is 5.11 Å². The van der Waals surface area contributed by atoms with Crippen LogP contribution in [0.5, 0.6) is 0 Å². The summed E-state index contributed by atoms with van der Waals surface area (Å²) >= 11 is 0. The van der Waals surface area contributed by atoms with Gasteiger partial charge in [-0.25, -0.2) is 0 Å². The van der Waals surface area contributed by atoms with E-state index in [2.05, 4.69) is 10.0 Å². The van der Waals surface area contributed by atoms with Gasteiger partial charge in [-0.3, -0.25) is 0 Å². The fraction of sp³-hybridized carbons (Fsp3) is 1.00. The molecule has 0 spiro atoms. The van der Waals surface area contributed by atoms with Crippen LogP contribution in [0, 0.1) is 0 Å². The maximum Gasteiger partial charge on any atom is 0.0407 e. The Balaban J connectivity index is 3.13. The van der Waals surface area contributed by atoms with Crippen LogP contribution in [-0.4, -0.2) is 12.6 Å². The lowest BCUT2D eigenvalue weighted by molar-refractivity contribution is 0.749. The van der Waals surface area contributed by atoms with Crippen LogP contribution >= 0.6 is 0 Å². The van der Waals surface area contributed by atoms with Crippen LogP contribution in [0.3, 0.4) is 0 Å². The van der Waals surface area contributed by atoms with Crippen molar-refractivity contribution in [2.75, 3.05) is 6.54 Å². The standard InChI is InChI=1S/C3H8N4/c1-3(4)2-6-7-5/h3H,2,4H2,1H3/t3-/m1/s1. The number of azide groups is 1. The molecule has 0 fully saturated rings. The molecular weight excluding hydrogens is 92.1 g/mol. The first kappa shape index (κ1) is 6.27. The molecule has 0 saturated heterocycles. The van der Waals surface area contributed by atoms with Gasteiger partial charge in [-0.15, -0.1) is 0 Å². The maximum absolute atomic E-state index is 7.72. The van der Waals surface area contributed by atoms with Crippen LogP contribution in [0.2, 0.25) is 0 Å². The number of hydrogen-bond donors (Lipinski definition) is 1. The molecule has 40 valence electrons. The minimum absolute atomic E-state index is 0.0177. The molecule has 0 rings (SSSR count). The van der Waals surface area contributed by atoms with Crippen molar-refractivity contribution in [3.05, 3.63) is 10.4 Å². The number of nitrogens with two attached hydrogens (primary N) is 1. The zero-order valence-electron chi connectivity index (χ0n) is 4.20. The third-order valence-electron chi connectivity index (χ3n) is 0.433. The molecular formula is C3H8N4. The van der Waals surface area contributed by atoms with Gasteiger partial charge in [-0.05, 0) is 12.5 Å². The summed E-state index contributed by atoms with van der Waals surface area (Å²) in [4.78, 5) is 2.52. The summed E-state index contributed by atoms with van der Waals surface area (Å²) in [6.07, 6.45) is 0. The molecule has 0 aromatic carbocycles. The molecule has 0 saturated carbocycles. The SMILES string of the molecule is C[C@@H](N)CN=[N+]=[N-]. The highest BCUT2D eigenvalue weighted by molar-refractivity contribution is 4.55. The summed E-state index contributed by atoms with van der Waals surface area (Å²) in [5, 5.41) is 3.23. The summed E-state index contributed by atoms with van der Waals surface area (Å²) < 4.78 is 0. The van der Waals surface area contributed by atoms with Gasteiger partial charge in [0, 0.05) is 17.5 Å². The molecule has 0 bridgehead atoms. The van der Waals surface area contributed by atoms with E-state index in [1.54, 1.807) is 6.92 Å². The van der Waals surface area contributed by atoms with Crippen LogP contribution in [0.25, 0.3) is 10.4 Å². The maximum atomic E-state index is 7.72. The van der Waals surface area contributed by atoms with Crippen LogP contribution < -0.4 is 5.73 Å². The average Bonchev–Trinajstić information content (AvgIpc) is 1.61. The molecule has 0 amide bonds. The molecule has 2 N–H and O–H groups in total. The van der Waals surface area contributed by atoms with E-state index in [-0.39, 0.29) is 6.04 Å². The van der Waals surface area contributed by atoms with Crippen molar-refractivity contribution < 1.29 is 0 Å². The molecule has 0 radical (unpaired) electrons. The first-order valence-electron chi connectivity index (χ1n) is 2.04. The van der Waals surface area contributed by atoms with E-state index in [1.807, 2.05) is 0 Å². The van der Waals surface area contributed by atoms with Crippen molar-refractivity contribution in [2.24, 2.45) is 10.8 Å². The van der Waals surface area contributed by atoms with E-state index in [1.165, 1.54) is 0 Å². The monoisotopic (exact) mass is 100 g/mol. The molecule has 4 heteroatoms. The fourth-order valence-electron chi connectivity index (χ4n) is 0.165. The second-order valence-electron chi connectivity index (χ2n) is 1.39. The summed E-state index contributed by atoms with van der Waals surface area (Å²) in [5.74, 6) is 0. The van der Waals surface area contributed by atoms with Crippen molar-refractivity contribution in [1.82, 2.24) is 0 Å². The van der Waals surface area contributed by atoms with Gasteiger partial charge >= 0.3 is 0 Å². The van der Waals surface area contributed by atoms with Gasteiger partial charge in [0.2, 0.25) is 0 Å². The Labute approximate surface area is 41.9 Å². The van der Waals surface area contributed by atoms with Crippen LogP contribution in [-0.2, 0) is 0 Å². The molecule has 1 atom stereocenters. The molecule has 7 heavy (non-hydrogen) atoms. The van der Waals surface area contributed by atoms with Crippen LogP contribution in [0.1, 0.15) is 6.92 Å². The normalized spacial score (nSPS) is 12.3. The molecule has 0 aliphatic rings. The van der Waals surface area contributed by atoms with Gasteiger partial charge in [0.15, 0.2) is 0 Å². The van der Waals surface area contributed by atoms with Crippen LogP contribution in [0.4, 0.5) is 0 Å². The predicted molar refractivity (Wildman–Crippen MR) is 27.7 cm³/mol. The Bertz CT molecular complexity index is 80.9. The van der Waals surface area contributed by atoms with E-state index in [0.717, 1.165) is 0 Å². The molecule has 0 aliphatic carbocycles. The van der Waals surface area contributed by atoms with Crippen molar-refractivity contribution in [2.45, 2.75) is 13.0 Å². The lowest BCUT2D eigenvalue weighted by Gasteiger charge is -1.92. The van der Waals surface area contributed by atoms with Crippen molar-refractivity contribution in [3.8, 4) is 0 Å². The zero-order chi connectivity index (χ0) is 5.70. The Kier molecular flexibility index (Phi) is 3.10. The zero-order valence-corrected chi connectivity index (χ0v) is 4.20. The number of nitrogens with zero attached hydrogens (tertiary/aromatic N) is 3. The Hall–Kier alpha value is -0.730. The van der Waals surface area contributed by atoms with E-state index >= 15 is 0 Å². The van der Waals surface area contributed by atoms with E-state index < -0.39 is 0 Å². The summed E-state index contributed by atoms with van der Waals surface area (Å²) in [5.41, 5.74) is 12.9. The van der Waals surface area contributed by atoms with Gasteiger partial charge in [0.05, 0.1) is 0 Å². The van der Waals surface area contributed by atoms with E-state index in [9.17, 15) is 0 Å². The number of rotatable bonds is 2. The molecule has 0 heterocycles. The first-order chi connectivity index (χ1) is 3.27. The Morgan fingerprint density at radius 3 is 2.71 bits per heavy atom. The average molecular weight is 100 g/mol. The van der Waals surface area contributed by atoms with Gasteiger partial charge in [-0.2, -0.15) is 0 Å². The quantitative estimate of drug-likeness (QED) is 0.308. The summed E-state index contributed by atoms with van der Waals surface area (Å²) in [6.45, 7) is 2.17. The van der Waals surface area contributed by atoms with Gasteiger partial charge in [0.25, 0.3) is 0 Å². The molecule has 4 nitrogen and oxygen atoms in total. The highest BCUT2D eigenvalue weighted by atomic mass is 15.1. The van der Waals surface area contributed by atoms with Crippen molar-refractivity contribution in [1.29, 1.82) is 0 Å². The largest absolute Gasteiger partial charge is 0.328 e. The highest BCUT2D eigenvalue weighted by Gasteiger charge is 1.84. The lowest BCUT2D eigenvalue weighted by atomic mass is 10.4. The van der Waals surface area contributed by atoms with E-state index in [4.69, 9.17) is 11.3 Å². The summed E-state index contributed by atoms with van der Waals surface area (Å²) in [7, 11) is 0. The van der Waals surface area contributed by atoms with Crippen molar-refractivity contribution in [3.63, 3.8) is 0 Å². The third kappa shape index (κ3) is 5.27. The second kappa shape index (κ2) is 3.46. The Morgan fingerprint density at radius 1 is 2.00 bits per heavy atom.